The van der Waals surface area contributed by atoms with Crippen molar-refractivity contribution in [2.24, 2.45) is 0 Å². The van der Waals surface area contributed by atoms with E-state index in [2.05, 4.69) is 252 Å². The summed E-state index contributed by atoms with van der Waals surface area (Å²) in [5, 5.41) is 5.06. The first kappa shape index (κ1) is 35.5. The van der Waals surface area contributed by atoms with E-state index in [9.17, 15) is 0 Å². The molecule has 1 aliphatic carbocycles. The molecular formula is C61H40N2. The zero-order valence-electron chi connectivity index (χ0n) is 34.5. The fraction of sp³-hybridized carbons (Fsp3) is 0.0164. The Hall–Kier alpha value is -8.20. The van der Waals surface area contributed by atoms with Crippen LogP contribution in [0.2, 0.25) is 0 Å². The molecule has 0 amide bonds. The van der Waals surface area contributed by atoms with Crippen molar-refractivity contribution in [2.75, 3.05) is 0 Å². The Morgan fingerprint density at radius 1 is 0.254 bits per heavy atom. The van der Waals surface area contributed by atoms with Gasteiger partial charge < -0.3 is 9.13 Å². The van der Waals surface area contributed by atoms with Crippen LogP contribution in [0.25, 0.3) is 88.4 Å². The Labute approximate surface area is 366 Å². The van der Waals surface area contributed by atoms with Crippen LogP contribution in [-0.4, -0.2) is 9.13 Å². The number of hydrogen-bond donors (Lipinski definition) is 0. The summed E-state index contributed by atoms with van der Waals surface area (Å²) >= 11 is 0. The van der Waals surface area contributed by atoms with Crippen LogP contribution >= 0.6 is 0 Å². The second-order valence-corrected chi connectivity index (χ2v) is 16.8. The number of fused-ring (bicyclic) bond motifs is 9. The highest BCUT2D eigenvalue weighted by Crippen LogP contribution is 2.56. The zero-order chi connectivity index (χ0) is 41.5. The van der Waals surface area contributed by atoms with Crippen molar-refractivity contribution in [2.45, 2.75) is 5.41 Å². The molecule has 10 aromatic carbocycles. The lowest BCUT2D eigenvalue weighted by atomic mass is 9.67. The molecule has 0 unspecified atom stereocenters. The molecule has 0 N–H and O–H groups in total. The number of para-hydroxylation sites is 4. The fourth-order valence-electron chi connectivity index (χ4n) is 10.9. The molecule has 0 radical (unpaired) electrons. The van der Waals surface area contributed by atoms with Gasteiger partial charge in [0.2, 0.25) is 0 Å². The van der Waals surface area contributed by atoms with E-state index in [1.54, 1.807) is 0 Å². The summed E-state index contributed by atoms with van der Waals surface area (Å²) in [5.41, 5.74) is 19.2. The standard InChI is InChI=1S/C61H40N2/c1-2-16-47(17-3-1)62-59-28-13-8-23-53(59)54-40-44(33-38-60(54)62)42-31-36-46(37-32-42)61(55-24-9-4-19-49(55)50-20-5-10-25-56(50)61)45-34-29-41(30-35-45)43-15-14-18-48(39-43)63-57-26-11-6-21-51(57)52-22-7-12-27-58(52)63/h1-40H. The first-order valence-electron chi connectivity index (χ1n) is 21.8. The lowest BCUT2D eigenvalue weighted by Crippen LogP contribution is -2.28. The van der Waals surface area contributed by atoms with Crippen LogP contribution in [0.4, 0.5) is 0 Å². The first-order valence-corrected chi connectivity index (χ1v) is 21.8. The highest BCUT2D eigenvalue weighted by atomic mass is 15.0. The van der Waals surface area contributed by atoms with Crippen molar-refractivity contribution >= 4 is 43.6 Å². The predicted molar refractivity (Wildman–Crippen MR) is 263 cm³/mol. The largest absolute Gasteiger partial charge is 0.309 e. The van der Waals surface area contributed by atoms with Crippen LogP contribution in [0.5, 0.6) is 0 Å². The molecule has 2 heterocycles. The monoisotopic (exact) mass is 800 g/mol. The summed E-state index contributed by atoms with van der Waals surface area (Å²) in [5.74, 6) is 0. The smallest absolute Gasteiger partial charge is 0.0713 e. The van der Waals surface area contributed by atoms with Crippen LogP contribution in [0.1, 0.15) is 22.3 Å². The van der Waals surface area contributed by atoms with E-state index in [1.807, 2.05) is 0 Å². The van der Waals surface area contributed by atoms with Gasteiger partial charge in [-0.15, -0.1) is 0 Å². The predicted octanol–water partition coefficient (Wildman–Crippen LogP) is 15.6. The average Bonchev–Trinajstić information content (AvgIpc) is 3.99. The van der Waals surface area contributed by atoms with Crippen molar-refractivity contribution in [1.82, 2.24) is 9.13 Å². The number of aromatic nitrogens is 2. The van der Waals surface area contributed by atoms with Crippen molar-refractivity contribution in [3.05, 3.63) is 265 Å². The van der Waals surface area contributed by atoms with E-state index in [0.717, 1.165) is 5.69 Å². The Kier molecular flexibility index (Phi) is 7.85. The van der Waals surface area contributed by atoms with Crippen LogP contribution in [0.3, 0.4) is 0 Å². The average molecular weight is 801 g/mol. The molecule has 12 aromatic rings. The van der Waals surface area contributed by atoms with Gasteiger partial charge in [0, 0.05) is 32.9 Å². The topological polar surface area (TPSA) is 9.86 Å². The molecule has 2 aromatic heterocycles. The highest BCUT2D eigenvalue weighted by Gasteiger charge is 2.45. The van der Waals surface area contributed by atoms with Crippen LogP contribution in [0, 0.1) is 0 Å². The van der Waals surface area contributed by atoms with E-state index >= 15 is 0 Å². The van der Waals surface area contributed by atoms with Gasteiger partial charge in [-0.05, 0) is 110 Å². The van der Waals surface area contributed by atoms with E-state index in [0.29, 0.717) is 0 Å². The van der Waals surface area contributed by atoms with Crippen molar-refractivity contribution in [3.63, 3.8) is 0 Å². The van der Waals surface area contributed by atoms with Crippen LogP contribution in [-0.2, 0) is 5.41 Å². The Morgan fingerprint density at radius 3 is 1.24 bits per heavy atom. The summed E-state index contributed by atoms with van der Waals surface area (Å²) in [6, 6.07) is 89.5. The van der Waals surface area contributed by atoms with E-state index in [4.69, 9.17) is 0 Å². The summed E-state index contributed by atoms with van der Waals surface area (Å²) in [6.07, 6.45) is 0. The molecule has 2 nitrogen and oxygen atoms in total. The van der Waals surface area contributed by atoms with Gasteiger partial charge in [0.15, 0.2) is 0 Å². The van der Waals surface area contributed by atoms with Crippen molar-refractivity contribution < 1.29 is 0 Å². The minimum atomic E-state index is -0.498. The van der Waals surface area contributed by atoms with Crippen LogP contribution in [0.15, 0.2) is 243 Å². The Morgan fingerprint density at radius 2 is 0.667 bits per heavy atom. The molecule has 0 fully saturated rings. The van der Waals surface area contributed by atoms with E-state index in [-0.39, 0.29) is 0 Å². The normalized spacial score (nSPS) is 12.9. The molecule has 13 rings (SSSR count). The maximum absolute atomic E-state index is 2.40. The molecule has 1 aliphatic rings. The zero-order valence-corrected chi connectivity index (χ0v) is 34.5. The van der Waals surface area contributed by atoms with Gasteiger partial charge in [0.25, 0.3) is 0 Å². The SMILES string of the molecule is c1ccc(-n2c3ccccc3c3cc(-c4ccc(C5(c6ccc(-c7cccc(-n8c9ccccc9c9ccccc98)c7)cc6)c6ccccc6-c6ccccc65)cc4)ccc32)cc1. The van der Waals surface area contributed by atoms with Gasteiger partial charge in [0.1, 0.15) is 0 Å². The van der Waals surface area contributed by atoms with Crippen molar-refractivity contribution in [1.29, 1.82) is 0 Å². The summed E-state index contributed by atoms with van der Waals surface area (Å²) < 4.78 is 4.78. The fourth-order valence-corrected chi connectivity index (χ4v) is 10.9. The van der Waals surface area contributed by atoms with Gasteiger partial charge in [-0.25, -0.2) is 0 Å². The maximum atomic E-state index is 2.40. The number of hydrogen-bond acceptors (Lipinski definition) is 0. The van der Waals surface area contributed by atoms with E-state index < -0.39 is 5.41 Å². The second-order valence-electron chi connectivity index (χ2n) is 16.8. The molecule has 0 atom stereocenters. The lowest BCUT2D eigenvalue weighted by molar-refractivity contribution is 0.769. The third-order valence-electron chi connectivity index (χ3n) is 13.6. The summed E-state index contributed by atoms with van der Waals surface area (Å²) in [6.45, 7) is 0. The van der Waals surface area contributed by atoms with Gasteiger partial charge in [-0.1, -0.05) is 188 Å². The number of benzene rings is 10. The molecular weight excluding hydrogens is 761 g/mol. The summed E-state index contributed by atoms with van der Waals surface area (Å²) in [4.78, 5) is 0. The molecule has 294 valence electrons. The highest BCUT2D eigenvalue weighted by molar-refractivity contribution is 6.11. The third kappa shape index (κ3) is 5.25. The molecule has 0 saturated heterocycles. The number of rotatable bonds is 6. The molecule has 0 aliphatic heterocycles. The molecule has 0 bridgehead atoms. The van der Waals surface area contributed by atoms with Crippen molar-refractivity contribution in [3.8, 4) is 44.8 Å². The lowest BCUT2D eigenvalue weighted by Gasteiger charge is -2.34. The van der Waals surface area contributed by atoms with Gasteiger partial charge in [0.05, 0.1) is 27.5 Å². The number of nitrogens with zero attached hydrogens (tertiary/aromatic N) is 2. The summed E-state index contributed by atoms with van der Waals surface area (Å²) in [7, 11) is 0. The molecule has 63 heavy (non-hydrogen) atoms. The minimum absolute atomic E-state index is 0.498. The quantitative estimate of drug-likeness (QED) is 0.159. The molecule has 2 heteroatoms. The van der Waals surface area contributed by atoms with E-state index in [1.165, 1.54) is 105 Å². The third-order valence-corrected chi connectivity index (χ3v) is 13.6. The molecule has 0 spiro atoms. The van der Waals surface area contributed by atoms with Crippen LogP contribution < -0.4 is 0 Å². The molecule has 0 saturated carbocycles. The van der Waals surface area contributed by atoms with Gasteiger partial charge in [-0.2, -0.15) is 0 Å². The Balaban J connectivity index is 0.929. The second kappa shape index (κ2) is 13.9. The minimum Gasteiger partial charge on any atom is -0.309 e. The van der Waals surface area contributed by atoms with Gasteiger partial charge in [-0.3, -0.25) is 0 Å². The van der Waals surface area contributed by atoms with Gasteiger partial charge >= 0.3 is 0 Å². The maximum Gasteiger partial charge on any atom is 0.0713 e. The Bertz CT molecular complexity index is 3620. The first-order chi connectivity index (χ1) is 31.3.